The second-order valence-electron chi connectivity index (χ2n) is 3.70. The van der Waals surface area contributed by atoms with Gasteiger partial charge < -0.3 is 25.1 Å². The number of nitrogens with one attached hydrogen (secondary N) is 1. The Hall–Kier alpha value is -2.19. The van der Waals surface area contributed by atoms with Gasteiger partial charge in [-0.15, -0.1) is 0 Å². The van der Waals surface area contributed by atoms with Gasteiger partial charge in [0.1, 0.15) is 12.0 Å². The fraction of sp³-hybridized carbons (Fsp3) is 0.100. The highest BCUT2D eigenvalue weighted by atomic mass is 16.6. The van der Waals surface area contributed by atoms with Crippen LogP contribution in [-0.2, 0) is 0 Å². The quantitative estimate of drug-likeness (QED) is 0.412. The number of imidazole rings is 1. The predicted octanol–water partition coefficient (Wildman–Crippen LogP) is 0.462. The number of aromatic amines is 1. The Morgan fingerprint density at radius 1 is 1.33 bits per heavy atom. The van der Waals surface area contributed by atoms with Gasteiger partial charge in [-0.25, -0.2) is 0 Å². The zero-order valence-corrected chi connectivity index (χ0v) is 9.22. The molecule has 0 bridgehead atoms. The molecule has 1 aromatic heterocycles. The lowest BCUT2D eigenvalue weighted by Gasteiger charge is -2.10. The second-order valence-corrected chi connectivity index (χ2v) is 3.70. The largest absolute Gasteiger partial charge is 0.469 e. The van der Waals surface area contributed by atoms with Crippen molar-refractivity contribution in [3.05, 3.63) is 58.0 Å². The van der Waals surface area contributed by atoms with Crippen LogP contribution >= 0.6 is 0 Å². The van der Waals surface area contributed by atoms with E-state index in [-0.39, 0.29) is 11.6 Å². The summed E-state index contributed by atoms with van der Waals surface area (Å²) in [5, 5.41) is 29.3. The minimum Gasteiger partial charge on any atom is -0.426 e. The van der Waals surface area contributed by atoms with Crippen LogP contribution in [-0.4, -0.2) is 32.1 Å². The van der Waals surface area contributed by atoms with E-state index in [0.717, 1.165) is 6.20 Å². The van der Waals surface area contributed by atoms with E-state index in [4.69, 9.17) is 0 Å². The SMILES string of the molecule is O=[N+]([O-])c1c[nH]c(C(B(O)O)c2ccccc2)n1. The van der Waals surface area contributed by atoms with Gasteiger partial charge in [0.25, 0.3) is 0 Å². The van der Waals surface area contributed by atoms with Crippen molar-refractivity contribution in [3.63, 3.8) is 0 Å². The molecule has 0 aliphatic rings. The second kappa shape index (κ2) is 4.99. The van der Waals surface area contributed by atoms with Crippen LogP contribution in [0.5, 0.6) is 0 Å². The van der Waals surface area contributed by atoms with Crippen molar-refractivity contribution in [1.82, 2.24) is 9.97 Å². The van der Waals surface area contributed by atoms with E-state index in [1.54, 1.807) is 30.3 Å². The monoisotopic (exact) mass is 247 g/mol. The molecule has 0 spiro atoms. The van der Waals surface area contributed by atoms with Crippen LogP contribution in [0, 0.1) is 10.1 Å². The van der Waals surface area contributed by atoms with E-state index < -0.39 is 17.9 Å². The molecule has 92 valence electrons. The molecule has 0 radical (unpaired) electrons. The van der Waals surface area contributed by atoms with E-state index in [0.29, 0.717) is 5.56 Å². The van der Waals surface area contributed by atoms with Crippen LogP contribution in [0.1, 0.15) is 17.2 Å². The lowest BCUT2D eigenvalue weighted by atomic mass is 9.68. The van der Waals surface area contributed by atoms with E-state index in [1.807, 2.05) is 0 Å². The molecule has 2 aromatic rings. The molecular formula is C10H10BN3O4. The van der Waals surface area contributed by atoms with Crippen LogP contribution in [0.4, 0.5) is 5.82 Å². The molecular weight excluding hydrogens is 237 g/mol. The number of hydrogen-bond donors (Lipinski definition) is 3. The predicted molar refractivity (Wildman–Crippen MR) is 63.7 cm³/mol. The first-order chi connectivity index (χ1) is 8.59. The van der Waals surface area contributed by atoms with Crippen molar-refractivity contribution < 1.29 is 15.0 Å². The summed E-state index contributed by atoms with van der Waals surface area (Å²) in [6.07, 6.45) is 1.12. The van der Waals surface area contributed by atoms with Crippen molar-refractivity contribution in [2.45, 2.75) is 5.82 Å². The maximum atomic E-state index is 10.5. The summed E-state index contributed by atoms with van der Waals surface area (Å²) in [7, 11) is -1.70. The zero-order chi connectivity index (χ0) is 13.1. The maximum Gasteiger partial charge on any atom is 0.469 e. The Morgan fingerprint density at radius 2 is 2.00 bits per heavy atom. The Labute approximate surface area is 102 Å². The number of nitro groups is 1. The maximum absolute atomic E-state index is 10.5. The highest BCUT2D eigenvalue weighted by Crippen LogP contribution is 2.24. The summed E-state index contributed by atoms with van der Waals surface area (Å²) < 4.78 is 0. The average Bonchev–Trinajstić information content (AvgIpc) is 2.79. The molecule has 0 aliphatic carbocycles. The van der Waals surface area contributed by atoms with Gasteiger partial charge >= 0.3 is 12.9 Å². The average molecular weight is 247 g/mol. The zero-order valence-electron chi connectivity index (χ0n) is 9.22. The van der Waals surface area contributed by atoms with Gasteiger partial charge in [-0.3, -0.25) is 0 Å². The molecule has 1 aromatic carbocycles. The molecule has 0 aliphatic heterocycles. The van der Waals surface area contributed by atoms with Crippen molar-refractivity contribution in [1.29, 1.82) is 0 Å². The van der Waals surface area contributed by atoms with Crippen molar-refractivity contribution in [3.8, 4) is 0 Å². The number of H-pyrrole nitrogens is 1. The topological polar surface area (TPSA) is 112 Å². The van der Waals surface area contributed by atoms with Gasteiger partial charge in [0, 0.05) is 0 Å². The van der Waals surface area contributed by atoms with Crippen LogP contribution in [0.15, 0.2) is 36.5 Å². The fourth-order valence-electron chi connectivity index (χ4n) is 1.71. The third-order valence-corrected chi connectivity index (χ3v) is 2.52. The normalized spacial score (nSPS) is 12.1. The van der Waals surface area contributed by atoms with Gasteiger partial charge in [-0.1, -0.05) is 30.3 Å². The molecule has 0 amide bonds. The molecule has 1 heterocycles. The number of rotatable bonds is 4. The molecule has 8 heteroatoms. The molecule has 18 heavy (non-hydrogen) atoms. The van der Waals surface area contributed by atoms with E-state index in [2.05, 4.69) is 9.97 Å². The van der Waals surface area contributed by atoms with Crippen molar-refractivity contribution >= 4 is 12.9 Å². The summed E-state index contributed by atoms with van der Waals surface area (Å²) in [5.41, 5.74) is 0.608. The van der Waals surface area contributed by atoms with Crippen LogP contribution < -0.4 is 0 Å². The van der Waals surface area contributed by atoms with Crippen LogP contribution in [0.25, 0.3) is 0 Å². The Bertz CT molecular complexity index is 543. The third-order valence-electron chi connectivity index (χ3n) is 2.52. The molecule has 0 fully saturated rings. The minimum atomic E-state index is -1.70. The standard InChI is InChI=1S/C10H10BN3O4/c15-11(16)9(7-4-2-1-3-5-7)10-12-6-8(13-10)14(17)18/h1-6,9,15-16H,(H,12,13). The van der Waals surface area contributed by atoms with E-state index in [1.165, 1.54) is 0 Å². The minimum absolute atomic E-state index is 0.142. The third kappa shape index (κ3) is 2.39. The first kappa shape index (κ1) is 12.3. The molecule has 1 unspecified atom stereocenters. The van der Waals surface area contributed by atoms with Crippen molar-refractivity contribution in [2.75, 3.05) is 0 Å². The van der Waals surface area contributed by atoms with E-state index in [9.17, 15) is 20.2 Å². The summed E-state index contributed by atoms with van der Waals surface area (Å²) in [6.45, 7) is 0. The van der Waals surface area contributed by atoms with Gasteiger partial charge in [-0.2, -0.15) is 0 Å². The molecule has 7 nitrogen and oxygen atoms in total. The molecule has 3 N–H and O–H groups in total. The van der Waals surface area contributed by atoms with Gasteiger partial charge in [-0.05, 0) is 15.5 Å². The summed E-state index contributed by atoms with van der Waals surface area (Å²) in [6, 6.07) is 8.65. The van der Waals surface area contributed by atoms with Gasteiger partial charge in [0.2, 0.25) is 5.82 Å². The first-order valence-corrected chi connectivity index (χ1v) is 5.20. The smallest absolute Gasteiger partial charge is 0.426 e. The Balaban J connectivity index is 2.39. The van der Waals surface area contributed by atoms with Gasteiger partial charge in [0.05, 0.1) is 0 Å². The molecule has 2 rings (SSSR count). The molecule has 0 saturated heterocycles. The summed E-state index contributed by atoms with van der Waals surface area (Å²) in [5.74, 6) is -1.06. The molecule has 0 saturated carbocycles. The Morgan fingerprint density at radius 3 is 2.50 bits per heavy atom. The first-order valence-electron chi connectivity index (χ1n) is 5.20. The summed E-state index contributed by atoms with van der Waals surface area (Å²) >= 11 is 0. The number of nitrogens with zero attached hydrogens (tertiary/aromatic N) is 2. The lowest BCUT2D eigenvalue weighted by Crippen LogP contribution is -2.25. The lowest BCUT2D eigenvalue weighted by molar-refractivity contribution is -0.389. The molecule has 1 atom stereocenters. The fourth-order valence-corrected chi connectivity index (χ4v) is 1.71. The Kier molecular flexibility index (Phi) is 3.40. The number of aromatic nitrogens is 2. The van der Waals surface area contributed by atoms with Crippen LogP contribution in [0.2, 0.25) is 0 Å². The van der Waals surface area contributed by atoms with E-state index >= 15 is 0 Å². The summed E-state index contributed by atoms with van der Waals surface area (Å²) in [4.78, 5) is 16.2. The highest BCUT2D eigenvalue weighted by molar-refractivity contribution is 6.44. The number of hydrogen-bond acceptors (Lipinski definition) is 5. The number of benzene rings is 1. The van der Waals surface area contributed by atoms with Gasteiger partial charge in [0.15, 0.2) is 0 Å². The highest BCUT2D eigenvalue weighted by Gasteiger charge is 2.33. The van der Waals surface area contributed by atoms with Crippen LogP contribution in [0.3, 0.4) is 0 Å². The van der Waals surface area contributed by atoms with Crippen molar-refractivity contribution in [2.24, 2.45) is 0 Å².